The van der Waals surface area contributed by atoms with Crippen LogP contribution in [0.3, 0.4) is 0 Å². The van der Waals surface area contributed by atoms with Gasteiger partial charge in [0.1, 0.15) is 0 Å². The molecule has 0 fully saturated rings. The Hall–Kier alpha value is -2.80. The van der Waals surface area contributed by atoms with Gasteiger partial charge in [0.2, 0.25) is 0 Å². The summed E-state index contributed by atoms with van der Waals surface area (Å²) >= 11 is 1.39. The molecule has 1 N–H and O–H groups in total. The zero-order chi connectivity index (χ0) is 17.1. The maximum Gasteiger partial charge on any atom is 0.259 e. The van der Waals surface area contributed by atoms with E-state index >= 15 is 0 Å². The van der Waals surface area contributed by atoms with Crippen LogP contribution in [0.4, 0.5) is 5.13 Å². The van der Waals surface area contributed by atoms with Crippen molar-refractivity contribution in [3.05, 3.63) is 53.3 Å². The number of hydrogen-bond acceptors (Lipinski definition) is 5. The Morgan fingerprint density at radius 2 is 1.83 bits per heavy atom. The molecule has 6 nitrogen and oxygen atoms in total. The van der Waals surface area contributed by atoms with Gasteiger partial charge in [0.05, 0.1) is 31.2 Å². The van der Waals surface area contributed by atoms with E-state index in [9.17, 15) is 4.79 Å². The first-order valence-corrected chi connectivity index (χ1v) is 8.13. The molecule has 0 radical (unpaired) electrons. The molecule has 0 atom stereocenters. The van der Waals surface area contributed by atoms with Crippen molar-refractivity contribution in [1.82, 2.24) is 9.55 Å². The second-order valence-electron chi connectivity index (χ2n) is 5.06. The summed E-state index contributed by atoms with van der Waals surface area (Å²) in [4.78, 5) is 17.0. The van der Waals surface area contributed by atoms with Crippen LogP contribution in [0.25, 0.3) is 5.69 Å². The molecule has 0 spiro atoms. The lowest BCUT2D eigenvalue weighted by molar-refractivity contribution is 0.102. The quantitative estimate of drug-likeness (QED) is 0.770. The van der Waals surface area contributed by atoms with E-state index in [0.717, 1.165) is 5.69 Å². The highest BCUT2D eigenvalue weighted by Gasteiger charge is 2.19. The molecule has 3 rings (SSSR count). The number of carbonyl (C=O) groups excluding carboxylic acids is 1. The highest BCUT2D eigenvalue weighted by molar-refractivity contribution is 7.13. The number of aryl methyl sites for hydroxylation is 1. The predicted octanol–water partition coefficient (Wildman–Crippen LogP) is 3.51. The van der Waals surface area contributed by atoms with Crippen LogP contribution in [-0.4, -0.2) is 29.7 Å². The van der Waals surface area contributed by atoms with E-state index in [-0.39, 0.29) is 5.91 Å². The number of thiazole rings is 1. The third-order valence-electron chi connectivity index (χ3n) is 3.47. The molecule has 124 valence electrons. The molecule has 0 aliphatic rings. The van der Waals surface area contributed by atoms with Gasteiger partial charge in [-0.2, -0.15) is 0 Å². The Morgan fingerprint density at radius 1 is 1.17 bits per heavy atom. The summed E-state index contributed by atoms with van der Waals surface area (Å²) in [6, 6.07) is 7.23. The fraction of sp³-hybridized carbons (Fsp3) is 0.176. The van der Waals surface area contributed by atoms with Gasteiger partial charge in [0.15, 0.2) is 16.6 Å². The molecule has 0 bridgehead atoms. The van der Waals surface area contributed by atoms with Gasteiger partial charge >= 0.3 is 0 Å². The predicted molar refractivity (Wildman–Crippen MR) is 93.7 cm³/mol. The van der Waals surface area contributed by atoms with Crippen LogP contribution >= 0.6 is 11.3 Å². The smallest absolute Gasteiger partial charge is 0.259 e. The summed E-state index contributed by atoms with van der Waals surface area (Å²) in [6.07, 6.45) is 3.73. The van der Waals surface area contributed by atoms with Gasteiger partial charge in [0.25, 0.3) is 5.91 Å². The van der Waals surface area contributed by atoms with E-state index in [0.29, 0.717) is 27.9 Å². The van der Waals surface area contributed by atoms with Gasteiger partial charge < -0.3 is 14.0 Å². The number of ether oxygens (including phenoxy) is 2. The largest absolute Gasteiger partial charge is 0.493 e. The van der Waals surface area contributed by atoms with Crippen LogP contribution in [-0.2, 0) is 0 Å². The summed E-state index contributed by atoms with van der Waals surface area (Å²) in [5, 5.41) is 5.28. The van der Waals surface area contributed by atoms with Crippen molar-refractivity contribution in [3.63, 3.8) is 0 Å². The van der Waals surface area contributed by atoms with E-state index < -0.39 is 0 Å². The summed E-state index contributed by atoms with van der Waals surface area (Å²) in [5.41, 5.74) is 2.04. The fourth-order valence-corrected chi connectivity index (χ4v) is 3.02. The molecule has 2 aromatic heterocycles. The molecule has 0 saturated carbocycles. The number of hydrogen-bond donors (Lipinski definition) is 1. The van der Waals surface area contributed by atoms with Crippen LogP contribution in [0.2, 0.25) is 0 Å². The minimum atomic E-state index is -0.256. The number of benzene rings is 1. The van der Waals surface area contributed by atoms with E-state index in [4.69, 9.17) is 9.47 Å². The second-order valence-corrected chi connectivity index (χ2v) is 5.92. The van der Waals surface area contributed by atoms with E-state index in [1.165, 1.54) is 11.3 Å². The van der Waals surface area contributed by atoms with Crippen molar-refractivity contribution in [3.8, 4) is 17.2 Å². The Bertz CT molecular complexity index is 856. The van der Waals surface area contributed by atoms with Gasteiger partial charge in [0, 0.05) is 23.8 Å². The Balaban J connectivity index is 2.05. The normalized spacial score (nSPS) is 10.5. The number of amides is 1. The van der Waals surface area contributed by atoms with Gasteiger partial charge in [-0.1, -0.05) is 0 Å². The molecule has 0 unspecified atom stereocenters. The highest BCUT2D eigenvalue weighted by atomic mass is 32.1. The maximum absolute atomic E-state index is 12.8. The van der Waals surface area contributed by atoms with Crippen LogP contribution in [0.15, 0.2) is 42.0 Å². The Kier molecular flexibility index (Phi) is 4.52. The summed E-state index contributed by atoms with van der Waals surface area (Å²) in [6.45, 7) is 1.88. The van der Waals surface area contributed by atoms with Crippen LogP contribution in [0.5, 0.6) is 11.5 Å². The lowest BCUT2D eigenvalue weighted by Gasteiger charge is -2.15. The molecule has 2 heterocycles. The van der Waals surface area contributed by atoms with Gasteiger partial charge in [-0.3, -0.25) is 10.1 Å². The molecule has 0 aliphatic heterocycles. The van der Waals surface area contributed by atoms with Crippen molar-refractivity contribution in [2.24, 2.45) is 0 Å². The molecule has 1 aromatic carbocycles. The zero-order valence-corrected chi connectivity index (χ0v) is 14.4. The first-order valence-electron chi connectivity index (χ1n) is 7.25. The van der Waals surface area contributed by atoms with E-state index in [1.807, 2.05) is 41.4 Å². The van der Waals surface area contributed by atoms with Crippen LogP contribution in [0, 0.1) is 6.92 Å². The number of anilines is 1. The average molecular weight is 343 g/mol. The summed E-state index contributed by atoms with van der Waals surface area (Å²) < 4.78 is 12.5. The molecular formula is C17H17N3O3S. The number of methoxy groups -OCH3 is 2. The topological polar surface area (TPSA) is 65.4 Å². The Labute approximate surface area is 143 Å². The fourth-order valence-electron chi connectivity index (χ4n) is 2.33. The van der Waals surface area contributed by atoms with E-state index in [1.54, 1.807) is 26.4 Å². The lowest BCUT2D eigenvalue weighted by atomic mass is 10.1. The molecule has 7 heteroatoms. The molecule has 3 aromatic rings. The zero-order valence-electron chi connectivity index (χ0n) is 13.6. The van der Waals surface area contributed by atoms with Crippen molar-refractivity contribution >= 4 is 22.4 Å². The van der Waals surface area contributed by atoms with Gasteiger partial charge in [-0.15, -0.1) is 11.3 Å². The summed E-state index contributed by atoms with van der Waals surface area (Å²) in [5.74, 6) is 0.797. The van der Waals surface area contributed by atoms with E-state index in [2.05, 4.69) is 10.3 Å². The molecule has 1 amide bonds. The monoisotopic (exact) mass is 343 g/mol. The molecule has 0 saturated heterocycles. The van der Waals surface area contributed by atoms with Gasteiger partial charge in [-0.25, -0.2) is 4.98 Å². The summed E-state index contributed by atoms with van der Waals surface area (Å²) in [7, 11) is 3.11. The Morgan fingerprint density at radius 3 is 2.42 bits per heavy atom. The number of nitrogens with zero attached hydrogens (tertiary/aromatic N) is 2. The van der Waals surface area contributed by atoms with Crippen molar-refractivity contribution < 1.29 is 14.3 Å². The first kappa shape index (κ1) is 16.1. The minimum Gasteiger partial charge on any atom is -0.493 e. The van der Waals surface area contributed by atoms with Crippen molar-refractivity contribution in [2.75, 3.05) is 19.5 Å². The maximum atomic E-state index is 12.8. The lowest BCUT2D eigenvalue weighted by Crippen LogP contribution is -2.15. The third kappa shape index (κ3) is 3.11. The molecular weight excluding hydrogens is 326 g/mol. The van der Waals surface area contributed by atoms with Crippen LogP contribution < -0.4 is 14.8 Å². The third-order valence-corrected chi connectivity index (χ3v) is 4.34. The van der Waals surface area contributed by atoms with Gasteiger partial charge in [-0.05, 0) is 25.1 Å². The highest BCUT2D eigenvalue weighted by Crippen LogP contribution is 2.33. The average Bonchev–Trinajstić information content (AvgIpc) is 3.25. The second kappa shape index (κ2) is 6.76. The molecule has 0 aliphatic carbocycles. The number of aromatic nitrogens is 2. The number of carbonyl (C=O) groups is 1. The van der Waals surface area contributed by atoms with Crippen LogP contribution in [0.1, 0.15) is 16.1 Å². The SMILES string of the molecule is COc1cc(C(=O)Nc2nc(C)cs2)c(-n2cccc2)cc1OC. The minimum absolute atomic E-state index is 0.256. The number of nitrogens with one attached hydrogen (secondary N) is 1. The standard InChI is InChI=1S/C17H17N3O3S/c1-11-10-24-17(18-11)19-16(21)12-8-14(22-2)15(23-3)9-13(12)20-6-4-5-7-20/h4-10H,1-3H3,(H,18,19,21). The first-order chi connectivity index (χ1) is 11.6. The van der Waals surface area contributed by atoms with Crippen molar-refractivity contribution in [2.45, 2.75) is 6.92 Å². The van der Waals surface area contributed by atoms with Crippen molar-refractivity contribution in [1.29, 1.82) is 0 Å². The molecule has 24 heavy (non-hydrogen) atoms. The number of rotatable bonds is 5.